The van der Waals surface area contributed by atoms with Gasteiger partial charge in [-0.1, -0.05) is 42.8 Å². The molecule has 38 heavy (non-hydrogen) atoms. The third-order valence-corrected chi connectivity index (χ3v) is 7.88. The normalized spacial score (nSPS) is 16.9. The first kappa shape index (κ1) is 26.5. The molecule has 0 spiro atoms. The first-order chi connectivity index (χ1) is 18.2. The predicted octanol–water partition coefficient (Wildman–Crippen LogP) is 5.39. The molecule has 4 aromatic rings. The zero-order valence-electron chi connectivity index (χ0n) is 22.4. The van der Waals surface area contributed by atoms with Crippen LogP contribution in [0.3, 0.4) is 0 Å². The molecule has 0 bridgehead atoms. The summed E-state index contributed by atoms with van der Waals surface area (Å²) >= 11 is 6.19. The van der Waals surface area contributed by atoms with Crippen LogP contribution in [0, 0.1) is 6.92 Å². The van der Waals surface area contributed by atoms with Crippen LogP contribution in [-0.4, -0.2) is 49.3 Å². The van der Waals surface area contributed by atoms with Crippen molar-refractivity contribution in [2.24, 2.45) is 0 Å². The molecule has 2 atom stereocenters. The van der Waals surface area contributed by atoms with E-state index < -0.39 is 6.04 Å². The maximum Gasteiger partial charge on any atom is 0.253 e. The number of hydrogen-bond donors (Lipinski definition) is 1. The summed E-state index contributed by atoms with van der Waals surface area (Å²) in [7, 11) is 0. The van der Waals surface area contributed by atoms with Gasteiger partial charge in [-0.15, -0.1) is 5.10 Å². The standard InChI is InChI=1S/C29H35ClN6O2/c1-5-29(3,4)36-27(32-33-34-36)26(24-16-21-11-8-19(2)15-25(21)31-28(24)37)35(18-23-7-6-14-38-23)17-20-9-12-22(30)13-10-20/h8-13,15-16,23,26H,5-7,14,17-18H2,1-4H3,(H,31,37)/t23-,26+/m0/s1. The van der Waals surface area contributed by atoms with Crippen LogP contribution in [-0.2, 0) is 16.8 Å². The van der Waals surface area contributed by atoms with Gasteiger partial charge in [-0.2, -0.15) is 0 Å². The lowest BCUT2D eigenvalue weighted by Crippen LogP contribution is -2.41. The summed E-state index contributed by atoms with van der Waals surface area (Å²) in [6, 6.07) is 15.4. The molecule has 9 heteroatoms. The van der Waals surface area contributed by atoms with Crippen LogP contribution in [0.15, 0.2) is 53.3 Å². The minimum Gasteiger partial charge on any atom is -0.377 e. The van der Waals surface area contributed by atoms with Gasteiger partial charge in [0.05, 0.1) is 11.6 Å². The number of aromatic nitrogens is 5. The summed E-state index contributed by atoms with van der Waals surface area (Å²) in [5.74, 6) is 0.640. The molecule has 8 nitrogen and oxygen atoms in total. The molecule has 0 aliphatic carbocycles. The van der Waals surface area contributed by atoms with Crippen LogP contribution in [0.1, 0.15) is 68.6 Å². The van der Waals surface area contributed by atoms with E-state index in [-0.39, 0.29) is 17.2 Å². The van der Waals surface area contributed by atoms with Crippen molar-refractivity contribution in [3.63, 3.8) is 0 Å². The number of ether oxygens (including phenoxy) is 1. The Bertz CT molecular complexity index is 1460. The summed E-state index contributed by atoms with van der Waals surface area (Å²) in [5, 5.41) is 14.7. The third-order valence-electron chi connectivity index (χ3n) is 7.63. The molecular weight excluding hydrogens is 500 g/mol. The summed E-state index contributed by atoms with van der Waals surface area (Å²) in [6.45, 7) is 10.3. The minimum absolute atomic E-state index is 0.0653. The van der Waals surface area contributed by atoms with E-state index in [1.807, 2.05) is 54.1 Å². The number of halogens is 1. The fourth-order valence-electron chi connectivity index (χ4n) is 5.11. The Labute approximate surface area is 228 Å². The van der Waals surface area contributed by atoms with E-state index in [0.717, 1.165) is 47.9 Å². The Balaban J connectivity index is 1.69. The Kier molecular flexibility index (Phi) is 7.66. The van der Waals surface area contributed by atoms with Crippen LogP contribution in [0.2, 0.25) is 5.02 Å². The molecule has 2 aromatic heterocycles. The van der Waals surface area contributed by atoms with Gasteiger partial charge < -0.3 is 9.72 Å². The quantitative estimate of drug-likeness (QED) is 0.309. The smallest absolute Gasteiger partial charge is 0.253 e. The number of benzene rings is 2. The van der Waals surface area contributed by atoms with Crippen molar-refractivity contribution >= 4 is 22.5 Å². The lowest BCUT2D eigenvalue weighted by molar-refractivity contribution is 0.0562. The van der Waals surface area contributed by atoms with Crippen molar-refractivity contribution in [2.45, 2.75) is 71.2 Å². The number of hydrogen-bond acceptors (Lipinski definition) is 6. The third kappa shape index (κ3) is 5.53. The molecule has 1 aliphatic rings. The number of tetrazole rings is 1. The number of nitrogens with zero attached hydrogens (tertiary/aromatic N) is 5. The highest BCUT2D eigenvalue weighted by Crippen LogP contribution is 2.33. The highest BCUT2D eigenvalue weighted by Gasteiger charge is 2.36. The van der Waals surface area contributed by atoms with Crippen LogP contribution in [0.4, 0.5) is 0 Å². The topological polar surface area (TPSA) is 88.9 Å². The summed E-state index contributed by atoms with van der Waals surface area (Å²) < 4.78 is 7.94. The summed E-state index contributed by atoms with van der Waals surface area (Å²) in [4.78, 5) is 19.1. The number of aromatic amines is 1. The average molecular weight is 535 g/mol. The van der Waals surface area contributed by atoms with Gasteiger partial charge in [0.2, 0.25) is 0 Å². The summed E-state index contributed by atoms with van der Waals surface area (Å²) in [5.41, 5.74) is 3.11. The molecule has 200 valence electrons. The second-order valence-corrected chi connectivity index (χ2v) is 11.3. The molecule has 0 radical (unpaired) electrons. The van der Waals surface area contributed by atoms with E-state index in [2.05, 4.69) is 52.2 Å². The van der Waals surface area contributed by atoms with Crippen molar-refractivity contribution in [2.75, 3.05) is 13.2 Å². The maximum absolute atomic E-state index is 13.7. The Morgan fingerprint density at radius 1 is 1.21 bits per heavy atom. The predicted molar refractivity (Wildman–Crippen MR) is 149 cm³/mol. The number of fused-ring (bicyclic) bond motifs is 1. The van der Waals surface area contributed by atoms with E-state index in [9.17, 15) is 4.79 Å². The number of nitrogens with one attached hydrogen (secondary N) is 1. The molecule has 5 rings (SSSR count). The molecule has 2 aromatic carbocycles. The van der Waals surface area contributed by atoms with Crippen LogP contribution < -0.4 is 5.56 Å². The van der Waals surface area contributed by atoms with Gasteiger partial charge in [-0.25, -0.2) is 4.68 Å². The first-order valence-corrected chi connectivity index (χ1v) is 13.7. The van der Waals surface area contributed by atoms with E-state index >= 15 is 0 Å². The highest BCUT2D eigenvalue weighted by atomic mass is 35.5. The van der Waals surface area contributed by atoms with Crippen molar-refractivity contribution < 1.29 is 4.74 Å². The number of rotatable bonds is 9. The lowest BCUT2D eigenvalue weighted by Gasteiger charge is -2.34. The van der Waals surface area contributed by atoms with E-state index in [0.29, 0.717) is 29.5 Å². The van der Waals surface area contributed by atoms with Crippen molar-refractivity contribution in [1.82, 2.24) is 30.1 Å². The maximum atomic E-state index is 13.7. The molecule has 1 N–H and O–H groups in total. The fraction of sp³-hybridized carbons (Fsp3) is 0.448. The van der Waals surface area contributed by atoms with Crippen molar-refractivity contribution in [1.29, 1.82) is 0 Å². The Hall–Kier alpha value is -3.07. The first-order valence-electron chi connectivity index (χ1n) is 13.3. The molecule has 1 saturated heterocycles. The van der Waals surface area contributed by atoms with Gasteiger partial charge >= 0.3 is 0 Å². The molecule has 1 fully saturated rings. The van der Waals surface area contributed by atoms with Crippen molar-refractivity contribution in [3.05, 3.63) is 86.4 Å². The molecule has 3 heterocycles. The SMILES string of the molecule is CCC(C)(C)n1nnnc1[C@@H](c1cc2ccc(C)cc2[nH]c1=O)N(Cc1ccc(Cl)cc1)C[C@@H]1CCCO1. The van der Waals surface area contributed by atoms with Gasteiger partial charge in [0.25, 0.3) is 5.56 Å². The van der Waals surface area contributed by atoms with Gasteiger partial charge in [0.1, 0.15) is 6.04 Å². The zero-order valence-corrected chi connectivity index (χ0v) is 23.2. The van der Waals surface area contributed by atoms with E-state index in [4.69, 9.17) is 16.3 Å². The van der Waals surface area contributed by atoms with Crippen LogP contribution in [0.25, 0.3) is 10.9 Å². The lowest BCUT2D eigenvalue weighted by atomic mass is 9.98. The zero-order chi connectivity index (χ0) is 26.9. The van der Waals surface area contributed by atoms with Gasteiger partial charge in [-0.3, -0.25) is 9.69 Å². The van der Waals surface area contributed by atoms with Gasteiger partial charge in [0, 0.05) is 35.8 Å². The molecular formula is C29H35ClN6O2. The van der Waals surface area contributed by atoms with E-state index in [1.54, 1.807) is 0 Å². The van der Waals surface area contributed by atoms with Crippen molar-refractivity contribution in [3.8, 4) is 0 Å². The fourth-order valence-corrected chi connectivity index (χ4v) is 5.24. The molecule has 0 unspecified atom stereocenters. The number of aryl methyl sites for hydroxylation is 1. The second kappa shape index (κ2) is 11.0. The number of H-pyrrole nitrogens is 1. The Morgan fingerprint density at radius 3 is 2.71 bits per heavy atom. The Morgan fingerprint density at radius 2 is 2.00 bits per heavy atom. The number of pyridine rings is 1. The monoisotopic (exact) mass is 534 g/mol. The molecule has 0 saturated carbocycles. The van der Waals surface area contributed by atoms with Crippen LogP contribution >= 0.6 is 11.6 Å². The van der Waals surface area contributed by atoms with Gasteiger partial charge in [0.15, 0.2) is 5.82 Å². The summed E-state index contributed by atoms with van der Waals surface area (Å²) in [6.07, 6.45) is 2.90. The van der Waals surface area contributed by atoms with Gasteiger partial charge in [-0.05, 0) is 91.2 Å². The molecule has 0 amide bonds. The highest BCUT2D eigenvalue weighted by molar-refractivity contribution is 6.30. The minimum atomic E-state index is -0.495. The second-order valence-electron chi connectivity index (χ2n) is 10.9. The van der Waals surface area contributed by atoms with Crippen LogP contribution in [0.5, 0.6) is 0 Å². The largest absolute Gasteiger partial charge is 0.377 e. The molecule has 1 aliphatic heterocycles. The average Bonchev–Trinajstić information content (AvgIpc) is 3.59. The van der Waals surface area contributed by atoms with E-state index in [1.165, 1.54) is 0 Å².